The highest BCUT2D eigenvalue weighted by Gasteiger charge is 2.47. The number of rotatable bonds is 4. The SMILES string of the molecule is COC(=O)Nc1cc(Cl)ccc1-c1cc(=O)n(CC(=O)N2C(C)(C)CC(O)CC2(C)C)c(C)n1. The maximum atomic E-state index is 13.4. The van der Waals surface area contributed by atoms with Crippen LogP contribution in [0.4, 0.5) is 10.5 Å². The number of nitrogens with one attached hydrogen (secondary N) is 1. The van der Waals surface area contributed by atoms with Crippen molar-refractivity contribution >= 4 is 29.3 Å². The molecule has 1 aliphatic rings. The van der Waals surface area contributed by atoms with E-state index < -0.39 is 28.8 Å². The summed E-state index contributed by atoms with van der Waals surface area (Å²) in [5.74, 6) is 0.128. The molecule has 2 aromatic rings. The molecule has 0 atom stereocenters. The first kappa shape index (κ1) is 25.7. The monoisotopic (exact) mass is 490 g/mol. The number of carbonyl (C=O) groups is 2. The molecular formula is C24H31ClN4O5. The zero-order chi connectivity index (χ0) is 25.4. The van der Waals surface area contributed by atoms with Crippen molar-refractivity contribution in [3.05, 3.63) is 45.5 Å². The summed E-state index contributed by atoms with van der Waals surface area (Å²) < 4.78 is 5.98. The van der Waals surface area contributed by atoms with Gasteiger partial charge in [-0.25, -0.2) is 9.78 Å². The molecule has 2 amide bonds. The van der Waals surface area contributed by atoms with Gasteiger partial charge in [0.25, 0.3) is 5.56 Å². The Balaban J connectivity index is 1.96. The van der Waals surface area contributed by atoms with Crippen LogP contribution in [0.3, 0.4) is 0 Å². The summed E-state index contributed by atoms with van der Waals surface area (Å²) in [6, 6.07) is 6.13. The first-order chi connectivity index (χ1) is 15.7. The van der Waals surface area contributed by atoms with Crippen molar-refractivity contribution in [1.29, 1.82) is 0 Å². The van der Waals surface area contributed by atoms with Crippen LogP contribution in [0, 0.1) is 6.92 Å². The number of hydrogen-bond donors (Lipinski definition) is 2. The van der Waals surface area contributed by atoms with Gasteiger partial charge in [-0.2, -0.15) is 0 Å². The van der Waals surface area contributed by atoms with Gasteiger partial charge in [-0.1, -0.05) is 11.6 Å². The number of aryl methyl sites for hydroxylation is 1. The van der Waals surface area contributed by atoms with E-state index in [9.17, 15) is 19.5 Å². The Labute approximate surface area is 203 Å². The molecule has 0 unspecified atom stereocenters. The van der Waals surface area contributed by atoms with Crippen molar-refractivity contribution in [3.8, 4) is 11.3 Å². The van der Waals surface area contributed by atoms with Gasteiger partial charge >= 0.3 is 6.09 Å². The van der Waals surface area contributed by atoms with E-state index in [1.54, 1.807) is 24.0 Å². The number of aromatic nitrogens is 2. The molecule has 0 radical (unpaired) electrons. The lowest BCUT2D eigenvalue weighted by Crippen LogP contribution is -2.64. The van der Waals surface area contributed by atoms with E-state index in [0.717, 1.165) is 0 Å². The van der Waals surface area contributed by atoms with Gasteiger partial charge in [-0.15, -0.1) is 0 Å². The summed E-state index contributed by atoms with van der Waals surface area (Å²) in [4.78, 5) is 44.5. The zero-order valence-electron chi connectivity index (χ0n) is 20.3. The smallest absolute Gasteiger partial charge is 0.411 e. The van der Waals surface area contributed by atoms with Crippen LogP contribution in [-0.4, -0.2) is 55.8 Å². The Bertz CT molecular complexity index is 1160. The minimum atomic E-state index is -0.684. The van der Waals surface area contributed by atoms with E-state index in [1.807, 2.05) is 27.7 Å². The zero-order valence-corrected chi connectivity index (χ0v) is 21.1. The van der Waals surface area contributed by atoms with Crippen LogP contribution in [0.2, 0.25) is 5.02 Å². The Hall–Kier alpha value is -2.91. The largest absolute Gasteiger partial charge is 0.453 e. The molecule has 2 heterocycles. The number of ether oxygens (including phenoxy) is 1. The van der Waals surface area contributed by atoms with Gasteiger partial charge in [0.05, 0.1) is 24.6 Å². The van der Waals surface area contributed by atoms with E-state index in [-0.39, 0.29) is 12.5 Å². The Morgan fingerprint density at radius 3 is 2.38 bits per heavy atom. The minimum Gasteiger partial charge on any atom is -0.453 e. The van der Waals surface area contributed by atoms with Crippen LogP contribution < -0.4 is 10.9 Å². The number of likely N-dealkylation sites (tertiary alicyclic amines) is 1. The third-order valence-electron chi connectivity index (χ3n) is 6.10. The van der Waals surface area contributed by atoms with Crippen LogP contribution in [0.25, 0.3) is 11.3 Å². The van der Waals surface area contributed by atoms with Gasteiger partial charge in [-0.05, 0) is 65.7 Å². The van der Waals surface area contributed by atoms with Crippen molar-refractivity contribution in [1.82, 2.24) is 14.5 Å². The molecule has 184 valence electrons. The molecule has 0 spiro atoms. The molecule has 1 aliphatic heterocycles. The maximum absolute atomic E-state index is 13.4. The number of benzene rings is 1. The van der Waals surface area contributed by atoms with Crippen molar-refractivity contribution in [2.24, 2.45) is 0 Å². The highest BCUT2D eigenvalue weighted by atomic mass is 35.5. The Morgan fingerprint density at radius 2 is 1.82 bits per heavy atom. The van der Waals surface area contributed by atoms with E-state index >= 15 is 0 Å². The van der Waals surface area contributed by atoms with Gasteiger partial charge in [0, 0.05) is 27.7 Å². The third kappa shape index (κ3) is 5.26. The summed E-state index contributed by atoms with van der Waals surface area (Å²) in [5, 5.41) is 13.2. The number of carbonyl (C=O) groups excluding carboxylic acids is 2. The summed E-state index contributed by atoms with van der Waals surface area (Å²) in [6.45, 7) is 9.15. The first-order valence-electron chi connectivity index (χ1n) is 11.0. The van der Waals surface area contributed by atoms with Crippen molar-refractivity contribution < 1.29 is 19.4 Å². The van der Waals surface area contributed by atoms with Crippen LogP contribution in [0.5, 0.6) is 0 Å². The summed E-state index contributed by atoms with van der Waals surface area (Å²) in [5.41, 5.74) is -0.379. The fraction of sp³-hybridized carbons (Fsp3) is 0.500. The summed E-state index contributed by atoms with van der Waals surface area (Å²) in [7, 11) is 1.24. The highest BCUT2D eigenvalue weighted by molar-refractivity contribution is 6.31. The van der Waals surface area contributed by atoms with Crippen LogP contribution in [-0.2, 0) is 16.1 Å². The molecule has 1 saturated heterocycles. The van der Waals surface area contributed by atoms with E-state index in [4.69, 9.17) is 11.6 Å². The Morgan fingerprint density at radius 1 is 1.21 bits per heavy atom. The number of aliphatic hydroxyl groups is 1. The molecule has 9 nitrogen and oxygen atoms in total. The molecule has 0 aliphatic carbocycles. The number of aliphatic hydroxyl groups excluding tert-OH is 1. The molecule has 1 fully saturated rings. The number of nitrogens with zero attached hydrogens (tertiary/aromatic N) is 3. The number of halogens is 1. The van der Waals surface area contributed by atoms with Gasteiger partial charge in [0.1, 0.15) is 12.4 Å². The third-order valence-corrected chi connectivity index (χ3v) is 6.34. The van der Waals surface area contributed by atoms with E-state index in [0.29, 0.717) is 40.6 Å². The quantitative estimate of drug-likeness (QED) is 0.677. The van der Waals surface area contributed by atoms with E-state index in [2.05, 4.69) is 15.0 Å². The number of hydrogen-bond acceptors (Lipinski definition) is 6. The van der Waals surface area contributed by atoms with Crippen molar-refractivity contribution in [2.45, 2.75) is 71.2 Å². The second-order valence-electron chi connectivity index (χ2n) is 9.84. The second-order valence-corrected chi connectivity index (χ2v) is 10.3. The fourth-order valence-corrected chi connectivity index (χ4v) is 5.24. The number of piperidine rings is 1. The lowest BCUT2D eigenvalue weighted by molar-refractivity contribution is -0.155. The second kappa shape index (κ2) is 9.38. The van der Waals surface area contributed by atoms with Crippen molar-refractivity contribution in [2.75, 3.05) is 12.4 Å². The number of amides is 2. The molecule has 2 N–H and O–H groups in total. The average molecular weight is 491 g/mol. The predicted molar refractivity (Wildman–Crippen MR) is 130 cm³/mol. The van der Waals surface area contributed by atoms with Gasteiger partial charge in [0.15, 0.2) is 0 Å². The lowest BCUT2D eigenvalue weighted by Gasteiger charge is -2.54. The van der Waals surface area contributed by atoms with Gasteiger partial charge < -0.3 is 14.7 Å². The minimum absolute atomic E-state index is 0.172. The molecule has 0 saturated carbocycles. The van der Waals surface area contributed by atoms with Crippen LogP contribution >= 0.6 is 11.6 Å². The van der Waals surface area contributed by atoms with Gasteiger partial charge in [-0.3, -0.25) is 19.5 Å². The molecule has 3 rings (SSSR count). The number of methoxy groups -OCH3 is 1. The van der Waals surface area contributed by atoms with Crippen LogP contribution in [0.1, 0.15) is 46.4 Å². The summed E-state index contributed by atoms with van der Waals surface area (Å²) in [6.07, 6.45) is -0.262. The van der Waals surface area contributed by atoms with Crippen LogP contribution in [0.15, 0.2) is 29.1 Å². The Kier molecular flexibility index (Phi) is 7.10. The average Bonchev–Trinajstić information content (AvgIpc) is 2.68. The molecule has 1 aromatic heterocycles. The molecule has 34 heavy (non-hydrogen) atoms. The van der Waals surface area contributed by atoms with Gasteiger partial charge in [0.2, 0.25) is 5.91 Å². The van der Waals surface area contributed by atoms with E-state index in [1.165, 1.54) is 23.8 Å². The molecular weight excluding hydrogens is 460 g/mol. The lowest BCUT2D eigenvalue weighted by atomic mass is 9.78. The molecule has 10 heteroatoms. The fourth-order valence-electron chi connectivity index (χ4n) is 5.06. The molecule has 0 bridgehead atoms. The standard InChI is InChI=1S/C24H31ClN4O5/c1-14-26-19(17-8-7-15(25)9-18(17)27-22(33)34-6)10-20(31)28(14)13-21(32)29-23(2,3)11-16(30)12-24(29,4)5/h7-10,16,30H,11-13H2,1-6H3,(H,27,33). The van der Waals surface area contributed by atoms with Crippen molar-refractivity contribution in [3.63, 3.8) is 0 Å². The number of anilines is 1. The molecule has 1 aromatic carbocycles. The first-order valence-corrected chi connectivity index (χ1v) is 11.4. The summed E-state index contributed by atoms with van der Waals surface area (Å²) >= 11 is 6.07. The normalized spacial score (nSPS) is 17.4. The maximum Gasteiger partial charge on any atom is 0.411 e. The topological polar surface area (TPSA) is 114 Å². The predicted octanol–water partition coefficient (Wildman–Crippen LogP) is 3.59. The highest BCUT2D eigenvalue weighted by Crippen LogP contribution is 2.38.